The summed E-state index contributed by atoms with van der Waals surface area (Å²) in [7, 11) is -2.42. The lowest BCUT2D eigenvalue weighted by molar-refractivity contribution is -0.115. The van der Waals surface area contributed by atoms with E-state index in [2.05, 4.69) is 25.6 Å². The van der Waals surface area contributed by atoms with E-state index < -0.39 is 10.0 Å². The zero-order valence-electron chi connectivity index (χ0n) is 16.1. The van der Waals surface area contributed by atoms with Gasteiger partial charge in [-0.1, -0.05) is 6.07 Å². The van der Waals surface area contributed by atoms with E-state index in [1.807, 2.05) is 17.5 Å². The molecule has 2 heterocycles. The Morgan fingerprint density at radius 1 is 1.13 bits per heavy atom. The van der Waals surface area contributed by atoms with Gasteiger partial charge >= 0.3 is 0 Å². The van der Waals surface area contributed by atoms with E-state index in [0.29, 0.717) is 5.69 Å². The van der Waals surface area contributed by atoms with E-state index in [1.165, 1.54) is 60.9 Å². The van der Waals surface area contributed by atoms with Crippen molar-refractivity contribution in [2.75, 3.05) is 17.1 Å². The number of nitrogens with zero attached hydrogens (tertiary/aromatic N) is 2. The number of ether oxygens (including phenoxy) is 1. The second-order valence-electron chi connectivity index (χ2n) is 5.88. The monoisotopic (exact) mass is 475 g/mol. The van der Waals surface area contributed by atoms with Crippen molar-refractivity contribution in [3.63, 3.8) is 0 Å². The number of methoxy groups -OCH3 is 1. The number of rotatable bonds is 7. The average molecular weight is 476 g/mol. The smallest absolute Gasteiger partial charge is 0.263 e. The van der Waals surface area contributed by atoms with Gasteiger partial charge in [-0.2, -0.15) is 0 Å². The Hall–Kier alpha value is -3.35. The number of hydrogen-bond donors (Lipinski definition) is 3. The van der Waals surface area contributed by atoms with Crippen LogP contribution < -0.4 is 20.1 Å². The van der Waals surface area contributed by atoms with Crippen molar-refractivity contribution >= 4 is 62.2 Å². The first kappa shape index (κ1) is 22.3. The largest absolute Gasteiger partial charge is 0.480 e. The van der Waals surface area contributed by atoms with Crippen LogP contribution in [0, 0.1) is 0 Å². The Balaban J connectivity index is 1.57. The minimum Gasteiger partial charge on any atom is -0.480 e. The fourth-order valence-corrected chi connectivity index (χ4v) is 4.09. The van der Waals surface area contributed by atoms with Crippen LogP contribution in [0.4, 0.5) is 11.5 Å². The third-order valence-electron chi connectivity index (χ3n) is 3.69. The second-order valence-corrected chi connectivity index (χ2v) is 8.95. The van der Waals surface area contributed by atoms with E-state index in [9.17, 15) is 13.2 Å². The second kappa shape index (κ2) is 10.1. The molecule has 0 saturated heterocycles. The van der Waals surface area contributed by atoms with E-state index in [4.69, 9.17) is 17.0 Å². The molecule has 0 bridgehead atoms. The fourth-order valence-electron chi connectivity index (χ4n) is 2.26. The summed E-state index contributed by atoms with van der Waals surface area (Å²) >= 11 is 6.62. The topological polar surface area (TPSA) is 122 Å². The van der Waals surface area contributed by atoms with Crippen molar-refractivity contribution in [2.24, 2.45) is 0 Å². The van der Waals surface area contributed by atoms with Crippen LogP contribution in [0.3, 0.4) is 0 Å². The van der Waals surface area contributed by atoms with Gasteiger partial charge in [0, 0.05) is 22.7 Å². The number of hydrogen-bond acceptors (Lipinski definition) is 8. The number of thiocarbonyl (C=S) groups is 1. The number of thiophene rings is 1. The highest BCUT2D eigenvalue weighted by atomic mass is 32.2. The first-order valence-corrected chi connectivity index (χ1v) is 11.5. The molecular weight excluding hydrogens is 458 g/mol. The zero-order valence-corrected chi connectivity index (χ0v) is 18.6. The van der Waals surface area contributed by atoms with Crippen LogP contribution in [0.1, 0.15) is 4.88 Å². The van der Waals surface area contributed by atoms with Gasteiger partial charge in [-0.3, -0.25) is 14.8 Å². The minimum atomic E-state index is -3.86. The summed E-state index contributed by atoms with van der Waals surface area (Å²) in [5.41, 5.74) is 0.510. The van der Waals surface area contributed by atoms with Gasteiger partial charge in [0.25, 0.3) is 10.0 Å². The first-order valence-electron chi connectivity index (χ1n) is 8.70. The Morgan fingerprint density at radius 2 is 1.90 bits per heavy atom. The molecule has 0 aliphatic heterocycles. The molecule has 0 unspecified atom stereocenters. The summed E-state index contributed by atoms with van der Waals surface area (Å²) in [6.45, 7) is 0. The Morgan fingerprint density at radius 3 is 2.52 bits per heavy atom. The molecule has 0 atom stereocenters. The molecule has 0 spiro atoms. The third-order valence-corrected chi connectivity index (χ3v) is 6.10. The highest BCUT2D eigenvalue weighted by Crippen LogP contribution is 2.18. The number of sulfonamides is 1. The fraction of sp³-hybridized carbons (Fsp3) is 0.0526. The summed E-state index contributed by atoms with van der Waals surface area (Å²) in [6, 6.07) is 12.5. The Kier molecular flexibility index (Phi) is 7.28. The number of carbonyl (C=O) groups is 1. The van der Waals surface area contributed by atoms with Gasteiger partial charge in [0.1, 0.15) is 0 Å². The lowest BCUT2D eigenvalue weighted by Crippen LogP contribution is -2.32. The maximum absolute atomic E-state index is 12.5. The molecular formula is C19H17N5O4S3. The van der Waals surface area contributed by atoms with Crippen molar-refractivity contribution in [3.05, 3.63) is 64.9 Å². The highest BCUT2D eigenvalue weighted by Gasteiger charge is 2.15. The quantitative estimate of drug-likeness (QED) is 0.352. The van der Waals surface area contributed by atoms with Crippen molar-refractivity contribution in [2.45, 2.75) is 4.90 Å². The lowest BCUT2D eigenvalue weighted by atomic mass is 10.3. The van der Waals surface area contributed by atoms with Gasteiger partial charge in [0.15, 0.2) is 10.9 Å². The van der Waals surface area contributed by atoms with Crippen molar-refractivity contribution in [1.82, 2.24) is 15.5 Å². The number of aromatic nitrogens is 2. The number of amides is 1. The molecule has 1 aromatic carbocycles. The van der Waals surface area contributed by atoms with Gasteiger partial charge in [-0.05, 0) is 60.1 Å². The van der Waals surface area contributed by atoms with Crippen molar-refractivity contribution in [1.29, 1.82) is 0 Å². The Bertz CT molecular complexity index is 1180. The molecule has 12 heteroatoms. The van der Waals surface area contributed by atoms with Gasteiger partial charge in [-0.25, -0.2) is 8.42 Å². The number of carbonyl (C=O) groups excluding carboxylic acids is 1. The van der Waals surface area contributed by atoms with Crippen molar-refractivity contribution in [3.8, 4) is 5.88 Å². The summed E-state index contributed by atoms with van der Waals surface area (Å²) < 4.78 is 32.2. The third kappa shape index (κ3) is 6.57. The van der Waals surface area contributed by atoms with E-state index in [-0.39, 0.29) is 27.6 Å². The van der Waals surface area contributed by atoms with Crippen LogP contribution >= 0.6 is 23.6 Å². The van der Waals surface area contributed by atoms with Crippen LogP contribution in [-0.4, -0.2) is 36.7 Å². The molecule has 0 fully saturated rings. The maximum Gasteiger partial charge on any atom is 0.263 e. The summed E-state index contributed by atoms with van der Waals surface area (Å²) in [5.74, 6) is -0.0548. The summed E-state index contributed by atoms with van der Waals surface area (Å²) in [4.78, 5) is 12.9. The minimum absolute atomic E-state index is 0.0181. The predicted octanol–water partition coefficient (Wildman–Crippen LogP) is 2.87. The highest BCUT2D eigenvalue weighted by molar-refractivity contribution is 7.92. The SMILES string of the molecule is COc1ccc(NS(=O)(=O)c2ccc(NC(=S)NC(=O)C=Cc3cccs3)cc2)nn1. The van der Waals surface area contributed by atoms with E-state index >= 15 is 0 Å². The molecule has 0 radical (unpaired) electrons. The lowest BCUT2D eigenvalue weighted by Gasteiger charge is -2.10. The van der Waals surface area contributed by atoms with Crippen LogP contribution in [-0.2, 0) is 14.8 Å². The van der Waals surface area contributed by atoms with Gasteiger partial charge < -0.3 is 10.1 Å². The Labute approximate surface area is 188 Å². The van der Waals surface area contributed by atoms with Gasteiger partial charge in [-0.15, -0.1) is 21.5 Å². The predicted molar refractivity (Wildman–Crippen MR) is 124 cm³/mol. The molecule has 31 heavy (non-hydrogen) atoms. The molecule has 3 aromatic rings. The zero-order chi connectivity index (χ0) is 22.3. The molecule has 1 amide bonds. The van der Waals surface area contributed by atoms with E-state index in [1.54, 1.807) is 6.08 Å². The first-order chi connectivity index (χ1) is 14.9. The number of benzene rings is 1. The molecule has 0 aliphatic rings. The normalized spacial score (nSPS) is 11.1. The number of nitrogens with one attached hydrogen (secondary N) is 3. The van der Waals surface area contributed by atoms with Gasteiger partial charge in [0.2, 0.25) is 11.8 Å². The van der Waals surface area contributed by atoms with Crippen LogP contribution in [0.5, 0.6) is 5.88 Å². The average Bonchev–Trinajstić information content (AvgIpc) is 3.26. The van der Waals surface area contributed by atoms with Crippen LogP contribution in [0.25, 0.3) is 6.08 Å². The summed E-state index contributed by atoms with van der Waals surface area (Å²) in [6.07, 6.45) is 3.06. The molecule has 0 aliphatic carbocycles. The molecule has 3 rings (SSSR count). The summed E-state index contributed by atoms with van der Waals surface area (Å²) in [5, 5.41) is 14.8. The molecule has 3 N–H and O–H groups in total. The number of anilines is 2. The molecule has 2 aromatic heterocycles. The maximum atomic E-state index is 12.5. The standard InChI is InChI=1S/C19H17N5O4S3/c1-28-18-11-9-16(22-23-18)24-31(26,27)15-7-4-13(5-8-15)20-19(29)21-17(25)10-6-14-3-2-12-30-14/h2-12H,1H3,(H,22,24)(H2,20,21,25,29). The van der Waals surface area contributed by atoms with Crippen molar-refractivity contribution < 1.29 is 17.9 Å². The van der Waals surface area contributed by atoms with Crippen LogP contribution in [0.15, 0.2) is 64.9 Å². The van der Waals surface area contributed by atoms with Gasteiger partial charge in [0.05, 0.1) is 12.0 Å². The molecule has 0 saturated carbocycles. The van der Waals surface area contributed by atoms with E-state index in [0.717, 1.165) is 4.88 Å². The molecule has 160 valence electrons. The van der Waals surface area contributed by atoms with Crippen LogP contribution in [0.2, 0.25) is 0 Å². The molecule has 9 nitrogen and oxygen atoms in total.